The van der Waals surface area contributed by atoms with E-state index in [9.17, 15) is 0 Å². The minimum Gasteiger partial charge on any atom is -0.334 e. The Morgan fingerprint density at radius 3 is 2.67 bits per heavy atom. The lowest BCUT2D eigenvalue weighted by atomic mass is 10.1. The van der Waals surface area contributed by atoms with Gasteiger partial charge in [-0.05, 0) is 18.6 Å². The van der Waals surface area contributed by atoms with Gasteiger partial charge in [0.05, 0.1) is 0 Å². The summed E-state index contributed by atoms with van der Waals surface area (Å²) < 4.78 is 5.21. The molecule has 1 unspecified atom stereocenters. The van der Waals surface area contributed by atoms with Crippen LogP contribution in [-0.4, -0.2) is 10.1 Å². The molecule has 1 atom stereocenters. The van der Waals surface area contributed by atoms with Gasteiger partial charge in [0.2, 0.25) is 0 Å². The smallest absolute Gasteiger partial charge is 0.257 e. The quantitative estimate of drug-likeness (QED) is 0.766. The van der Waals surface area contributed by atoms with Crippen molar-refractivity contribution in [2.45, 2.75) is 26.2 Å². The number of aromatic nitrogens is 2. The monoisotopic (exact) mass is 202 g/mol. The lowest BCUT2D eigenvalue weighted by Gasteiger charge is -1.98. The second kappa shape index (κ2) is 4.26. The molecule has 0 saturated carbocycles. The van der Waals surface area contributed by atoms with E-state index in [4.69, 9.17) is 4.52 Å². The van der Waals surface area contributed by atoms with Gasteiger partial charge >= 0.3 is 0 Å². The molecule has 0 fully saturated rings. The molecule has 1 aromatic carbocycles. The summed E-state index contributed by atoms with van der Waals surface area (Å²) in [5.74, 6) is 1.74. The second-order valence-electron chi connectivity index (χ2n) is 3.63. The first-order chi connectivity index (χ1) is 7.31. The zero-order valence-electron chi connectivity index (χ0n) is 8.97. The third kappa shape index (κ3) is 2.06. The van der Waals surface area contributed by atoms with Crippen molar-refractivity contribution < 1.29 is 4.52 Å². The molecule has 0 saturated heterocycles. The standard InChI is InChI=1S/C12H14N2O/c1-3-9(2)11-13-12(15-14-11)10-7-5-4-6-8-10/h4-9H,3H2,1-2H3. The maximum Gasteiger partial charge on any atom is 0.257 e. The van der Waals surface area contributed by atoms with Crippen LogP contribution in [-0.2, 0) is 0 Å². The summed E-state index contributed by atoms with van der Waals surface area (Å²) in [6, 6.07) is 9.82. The fourth-order valence-electron chi connectivity index (χ4n) is 1.32. The second-order valence-corrected chi connectivity index (χ2v) is 3.63. The van der Waals surface area contributed by atoms with Crippen molar-refractivity contribution in [3.63, 3.8) is 0 Å². The zero-order chi connectivity index (χ0) is 10.7. The van der Waals surface area contributed by atoms with Gasteiger partial charge in [0.15, 0.2) is 5.82 Å². The summed E-state index contributed by atoms with van der Waals surface area (Å²) in [5.41, 5.74) is 0.972. The van der Waals surface area contributed by atoms with E-state index < -0.39 is 0 Å². The fourth-order valence-corrected chi connectivity index (χ4v) is 1.32. The third-order valence-corrected chi connectivity index (χ3v) is 2.52. The lowest BCUT2D eigenvalue weighted by Crippen LogP contribution is -1.93. The average Bonchev–Trinajstić information content (AvgIpc) is 2.78. The molecule has 0 spiro atoms. The number of nitrogens with zero attached hydrogens (tertiary/aromatic N) is 2. The highest BCUT2D eigenvalue weighted by Gasteiger charge is 2.12. The molecular formula is C12H14N2O. The van der Waals surface area contributed by atoms with Gasteiger partial charge in [0.25, 0.3) is 5.89 Å². The highest BCUT2D eigenvalue weighted by atomic mass is 16.5. The molecular weight excluding hydrogens is 188 g/mol. The maximum atomic E-state index is 5.21. The lowest BCUT2D eigenvalue weighted by molar-refractivity contribution is 0.416. The fraction of sp³-hybridized carbons (Fsp3) is 0.333. The Morgan fingerprint density at radius 1 is 1.27 bits per heavy atom. The van der Waals surface area contributed by atoms with Gasteiger partial charge in [0, 0.05) is 11.5 Å². The molecule has 78 valence electrons. The Hall–Kier alpha value is -1.64. The van der Waals surface area contributed by atoms with Crippen molar-refractivity contribution >= 4 is 0 Å². The summed E-state index contributed by atoms with van der Waals surface area (Å²) >= 11 is 0. The van der Waals surface area contributed by atoms with E-state index in [-0.39, 0.29) is 0 Å². The molecule has 2 rings (SSSR count). The van der Waals surface area contributed by atoms with Crippen LogP contribution in [0.5, 0.6) is 0 Å². The highest BCUT2D eigenvalue weighted by molar-refractivity contribution is 5.52. The van der Waals surface area contributed by atoms with E-state index in [1.54, 1.807) is 0 Å². The van der Waals surface area contributed by atoms with Crippen LogP contribution in [0, 0.1) is 0 Å². The summed E-state index contributed by atoms with van der Waals surface area (Å²) in [7, 11) is 0. The van der Waals surface area contributed by atoms with Gasteiger partial charge in [-0.15, -0.1) is 0 Å². The van der Waals surface area contributed by atoms with Gasteiger partial charge in [-0.3, -0.25) is 0 Å². The molecule has 3 heteroatoms. The van der Waals surface area contributed by atoms with Crippen LogP contribution >= 0.6 is 0 Å². The molecule has 2 aromatic rings. The summed E-state index contributed by atoms with van der Waals surface area (Å²) in [6.07, 6.45) is 1.02. The molecule has 0 amide bonds. The molecule has 0 bridgehead atoms. The molecule has 0 aliphatic carbocycles. The van der Waals surface area contributed by atoms with E-state index in [0.29, 0.717) is 11.8 Å². The molecule has 3 nitrogen and oxygen atoms in total. The van der Waals surface area contributed by atoms with Gasteiger partial charge in [-0.2, -0.15) is 4.98 Å². The average molecular weight is 202 g/mol. The molecule has 1 heterocycles. The van der Waals surface area contributed by atoms with E-state index in [1.165, 1.54) is 0 Å². The Balaban J connectivity index is 2.28. The van der Waals surface area contributed by atoms with Crippen LogP contribution < -0.4 is 0 Å². The maximum absolute atomic E-state index is 5.21. The van der Waals surface area contributed by atoms with Gasteiger partial charge in [-0.25, -0.2) is 0 Å². The minimum absolute atomic E-state index is 0.353. The van der Waals surface area contributed by atoms with Crippen LogP contribution in [0.15, 0.2) is 34.9 Å². The number of hydrogen-bond acceptors (Lipinski definition) is 3. The van der Waals surface area contributed by atoms with Gasteiger partial charge in [0.1, 0.15) is 0 Å². The van der Waals surface area contributed by atoms with Crippen molar-refractivity contribution in [1.29, 1.82) is 0 Å². The summed E-state index contributed by atoms with van der Waals surface area (Å²) in [6.45, 7) is 4.21. The first kappa shape index (κ1) is 9.90. The van der Waals surface area contributed by atoms with Crippen LogP contribution in [0.4, 0.5) is 0 Å². The number of benzene rings is 1. The Morgan fingerprint density at radius 2 is 2.00 bits per heavy atom. The largest absolute Gasteiger partial charge is 0.334 e. The van der Waals surface area contributed by atoms with Gasteiger partial charge < -0.3 is 4.52 Å². The molecule has 0 radical (unpaired) electrons. The predicted octanol–water partition coefficient (Wildman–Crippen LogP) is 3.25. The topological polar surface area (TPSA) is 38.9 Å². The molecule has 15 heavy (non-hydrogen) atoms. The molecule has 0 N–H and O–H groups in total. The van der Waals surface area contributed by atoms with Gasteiger partial charge in [-0.1, -0.05) is 37.2 Å². The third-order valence-electron chi connectivity index (χ3n) is 2.52. The summed E-state index contributed by atoms with van der Waals surface area (Å²) in [4.78, 5) is 4.37. The first-order valence-corrected chi connectivity index (χ1v) is 5.20. The van der Waals surface area contributed by atoms with E-state index in [1.807, 2.05) is 30.3 Å². The molecule has 1 aromatic heterocycles. The van der Waals surface area contributed by atoms with Crippen LogP contribution in [0.2, 0.25) is 0 Å². The van der Waals surface area contributed by atoms with Crippen molar-refractivity contribution in [2.75, 3.05) is 0 Å². The molecule has 0 aliphatic rings. The van der Waals surface area contributed by atoms with Crippen molar-refractivity contribution in [2.24, 2.45) is 0 Å². The highest BCUT2D eigenvalue weighted by Crippen LogP contribution is 2.20. The van der Waals surface area contributed by atoms with Crippen molar-refractivity contribution in [3.05, 3.63) is 36.2 Å². The molecule has 0 aliphatic heterocycles. The van der Waals surface area contributed by atoms with E-state index >= 15 is 0 Å². The normalized spacial score (nSPS) is 12.7. The minimum atomic E-state index is 0.353. The van der Waals surface area contributed by atoms with Crippen LogP contribution in [0.1, 0.15) is 32.0 Å². The Kier molecular flexibility index (Phi) is 2.81. The van der Waals surface area contributed by atoms with E-state index in [2.05, 4.69) is 24.0 Å². The van der Waals surface area contributed by atoms with Crippen LogP contribution in [0.25, 0.3) is 11.5 Å². The zero-order valence-corrected chi connectivity index (χ0v) is 8.97. The van der Waals surface area contributed by atoms with Crippen molar-refractivity contribution in [3.8, 4) is 11.5 Å². The first-order valence-electron chi connectivity index (χ1n) is 5.20. The Bertz CT molecular complexity index is 422. The SMILES string of the molecule is CCC(C)c1noc(-c2ccccc2)n1. The predicted molar refractivity (Wildman–Crippen MR) is 58.4 cm³/mol. The van der Waals surface area contributed by atoms with Crippen molar-refractivity contribution in [1.82, 2.24) is 10.1 Å². The number of rotatable bonds is 3. The Labute approximate surface area is 89.1 Å². The van der Waals surface area contributed by atoms with Crippen LogP contribution in [0.3, 0.4) is 0 Å². The van der Waals surface area contributed by atoms with E-state index in [0.717, 1.165) is 17.8 Å². The number of hydrogen-bond donors (Lipinski definition) is 0. The summed E-state index contributed by atoms with van der Waals surface area (Å²) in [5, 5.41) is 3.98.